The summed E-state index contributed by atoms with van der Waals surface area (Å²) < 4.78 is 0. The van der Waals surface area contributed by atoms with E-state index in [4.69, 9.17) is 10.8 Å². The zero-order chi connectivity index (χ0) is 20.7. The number of nitrogens with two attached hydrogens (primary N) is 1. The van der Waals surface area contributed by atoms with Crippen molar-refractivity contribution in [3.8, 4) is 0 Å². The Morgan fingerprint density at radius 2 is 2.07 bits per heavy atom. The molecule has 2 aliphatic rings. The summed E-state index contributed by atoms with van der Waals surface area (Å²) in [7, 11) is 0. The van der Waals surface area contributed by atoms with Crippen LogP contribution in [0.2, 0.25) is 0 Å². The molecule has 7 heteroatoms. The van der Waals surface area contributed by atoms with E-state index in [-0.39, 0.29) is 22.5 Å². The number of ketones is 1. The number of amides is 1. The van der Waals surface area contributed by atoms with Crippen LogP contribution in [0.15, 0.2) is 17.5 Å². The van der Waals surface area contributed by atoms with Crippen molar-refractivity contribution in [1.29, 1.82) is 0 Å². The largest absolute Gasteiger partial charge is 0.481 e. The van der Waals surface area contributed by atoms with Gasteiger partial charge in [-0.05, 0) is 47.5 Å². The lowest BCUT2D eigenvalue weighted by molar-refractivity contribution is -0.140. The maximum Gasteiger partial charge on any atom is 0.305 e. The van der Waals surface area contributed by atoms with Gasteiger partial charge in [0.25, 0.3) is 0 Å². The van der Waals surface area contributed by atoms with Crippen LogP contribution in [-0.4, -0.2) is 34.8 Å². The van der Waals surface area contributed by atoms with E-state index >= 15 is 0 Å². The molecule has 5 atom stereocenters. The van der Waals surface area contributed by atoms with E-state index in [2.05, 4.69) is 26.1 Å². The fraction of sp³-hybridized carbons (Fsp3) is 0.667. The summed E-state index contributed by atoms with van der Waals surface area (Å²) in [4.78, 5) is 38.1. The number of fused-ring (bicyclic) bond motifs is 2. The summed E-state index contributed by atoms with van der Waals surface area (Å²) in [6, 6.07) is 2.01. The van der Waals surface area contributed by atoms with Crippen LogP contribution in [0.25, 0.3) is 0 Å². The first-order valence-electron chi connectivity index (χ1n) is 9.88. The van der Waals surface area contributed by atoms with Crippen LogP contribution in [0.5, 0.6) is 0 Å². The zero-order valence-electron chi connectivity index (χ0n) is 16.7. The normalized spacial score (nSPS) is 30.0. The van der Waals surface area contributed by atoms with E-state index in [0.29, 0.717) is 12.3 Å². The highest BCUT2D eigenvalue weighted by molar-refractivity contribution is 7.09. The van der Waals surface area contributed by atoms with E-state index in [1.165, 1.54) is 0 Å². The van der Waals surface area contributed by atoms with Crippen LogP contribution in [0.3, 0.4) is 0 Å². The van der Waals surface area contributed by atoms with Crippen molar-refractivity contribution in [2.75, 3.05) is 0 Å². The third-order valence-electron chi connectivity index (χ3n) is 6.93. The molecular formula is C21H30N2O4S. The van der Waals surface area contributed by atoms with Crippen LogP contribution in [-0.2, 0) is 20.8 Å². The number of thiophene rings is 1. The number of Topliss-reactive ketones (excluding diaryl/α,β-unsaturated/α-hetero) is 1. The molecule has 4 N–H and O–H groups in total. The Hall–Kier alpha value is -1.73. The number of carboxylic acid groups (broad SMARTS) is 1. The molecule has 2 saturated carbocycles. The number of nitrogens with one attached hydrogen (secondary N) is 1. The molecule has 1 aromatic rings. The second-order valence-electron chi connectivity index (χ2n) is 9.30. The average Bonchev–Trinajstić information content (AvgIpc) is 3.26. The lowest BCUT2D eigenvalue weighted by Gasteiger charge is -2.43. The highest BCUT2D eigenvalue weighted by Crippen LogP contribution is 2.66. The Balaban J connectivity index is 1.83. The fourth-order valence-corrected chi connectivity index (χ4v) is 6.38. The van der Waals surface area contributed by atoms with Crippen LogP contribution < -0.4 is 11.1 Å². The summed E-state index contributed by atoms with van der Waals surface area (Å²) in [5.74, 6) is -1.26. The Morgan fingerprint density at radius 3 is 2.61 bits per heavy atom. The van der Waals surface area contributed by atoms with Crippen molar-refractivity contribution >= 4 is 29.0 Å². The lowest BCUT2D eigenvalue weighted by atomic mass is 9.61. The molecular weight excluding hydrogens is 376 g/mol. The molecule has 0 saturated heterocycles. The third-order valence-corrected chi connectivity index (χ3v) is 7.83. The van der Waals surface area contributed by atoms with Crippen LogP contribution in [0, 0.1) is 22.7 Å². The summed E-state index contributed by atoms with van der Waals surface area (Å²) >= 11 is 1.54. The molecule has 1 unspecified atom stereocenters. The maximum absolute atomic E-state index is 13.7. The van der Waals surface area contributed by atoms with E-state index in [1.807, 2.05) is 17.5 Å². The molecule has 0 spiro atoms. The predicted octanol–water partition coefficient (Wildman–Crippen LogP) is 2.61. The van der Waals surface area contributed by atoms with Crippen molar-refractivity contribution in [3.05, 3.63) is 22.4 Å². The highest BCUT2D eigenvalue weighted by atomic mass is 32.1. The van der Waals surface area contributed by atoms with Crippen molar-refractivity contribution in [2.45, 2.75) is 65.0 Å². The molecule has 2 fully saturated rings. The number of carbonyl (C=O) groups is 3. The van der Waals surface area contributed by atoms with Gasteiger partial charge in [0.2, 0.25) is 5.91 Å². The van der Waals surface area contributed by atoms with Crippen LogP contribution >= 0.6 is 11.3 Å². The number of rotatable bonds is 8. The standard InChI is InChI=1S/C21H30N2O4S/c1-20(2)12-6-7-21(3,11-12)18(20)17(26)15(9-13-5-4-8-28-13)23-19(27)14(22)10-16(24)25/h4-5,8,12,14-15,18H,6-7,9-11,22H2,1-3H3,(H,23,27)(H,24,25)/t12-,14+,15?,18+,21+/m1/s1. The summed E-state index contributed by atoms with van der Waals surface area (Å²) in [6.07, 6.45) is 3.19. The molecule has 28 heavy (non-hydrogen) atoms. The molecule has 0 radical (unpaired) electrons. The minimum Gasteiger partial charge on any atom is -0.481 e. The SMILES string of the molecule is CC1(C)[C@@H]2CC[C@@](C)(C2)[C@H]1C(=O)C(Cc1cccs1)NC(=O)[C@@H](N)CC(=O)O. The molecule has 2 aliphatic carbocycles. The third kappa shape index (κ3) is 3.87. The monoisotopic (exact) mass is 406 g/mol. The molecule has 0 aliphatic heterocycles. The van der Waals surface area contributed by atoms with Gasteiger partial charge in [-0.15, -0.1) is 11.3 Å². The van der Waals surface area contributed by atoms with Crippen molar-refractivity contribution in [2.24, 2.45) is 28.4 Å². The summed E-state index contributed by atoms with van der Waals surface area (Å²) in [5.41, 5.74) is 5.59. The summed E-state index contributed by atoms with van der Waals surface area (Å²) in [6.45, 7) is 6.54. The zero-order valence-corrected chi connectivity index (χ0v) is 17.6. The van der Waals surface area contributed by atoms with Gasteiger partial charge >= 0.3 is 5.97 Å². The molecule has 3 rings (SSSR count). The van der Waals surface area contributed by atoms with Gasteiger partial charge in [-0.3, -0.25) is 14.4 Å². The molecule has 154 valence electrons. The van der Waals surface area contributed by atoms with Gasteiger partial charge in [0.1, 0.15) is 0 Å². The highest BCUT2D eigenvalue weighted by Gasteiger charge is 2.62. The minimum atomic E-state index is -1.17. The Kier molecular flexibility index (Phi) is 5.69. The molecule has 1 amide bonds. The van der Waals surface area contributed by atoms with Crippen LogP contribution in [0.4, 0.5) is 0 Å². The predicted molar refractivity (Wildman–Crippen MR) is 108 cm³/mol. The number of carbonyl (C=O) groups excluding carboxylic acids is 2. The van der Waals surface area contributed by atoms with E-state index in [0.717, 1.165) is 24.1 Å². The molecule has 2 bridgehead atoms. The molecule has 6 nitrogen and oxygen atoms in total. The average molecular weight is 407 g/mol. The van der Waals surface area contributed by atoms with E-state index < -0.39 is 30.4 Å². The first-order chi connectivity index (χ1) is 13.0. The van der Waals surface area contributed by atoms with Gasteiger partial charge in [-0.1, -0.05) is 26.8 Å². The van der Waals surface area contributed by atoms with Gasteiger partial charge in [0.15, 0.2) is 5.78 Å². The Bertz CT molecular complexity index is 756. The minimum absolute atomic E-state index is 0.0349. The second kappa shape index (κ2) is 7.59. The number of hydrogen-bond donors (Lipinski definition) is 3. The smallest absolute Gasteiger partial charge is 0.305 e. The second-order valence-corrected chi connectivity index (χ2v) is 10.3. The first kappa shape index (κ1) is 21.0. The topological polar surface area (TPSA) is 109 Å². The van der Waals surface area contributed by atoms with Gasteiger partial charge in [0.05, 0.1) is 18.5 Å². The molecule has 1 heterocycles. The van der Waals surface area contributed by atoms with Crippen molar-refractivity contribution in [3.63, 3.8) is 0 Å². The number of carboxylic acids is 1. The quantitative estimate of drug-likeness (QED) is 0.615. The van der Waals surface area contributed by atoms with E-state index in [1.54, 1.807) is 11.3 Å². The fourth-order valence-electron chi connectivity index (χ4n) is 5.63. The number of aliphatic carboxylic acids is 1. The summed E-state index contributed by atoms with van der Waals surface area (Å²) in [5, 5.41) is 13.6. The van der Waals surface area contributed by atoms with E-state index in [9.17, 15) is 14.4 Å². The maximum atomic E-state index is 13.7. The van der Waals surface area contributed by atoms with Gasteiger partial charge in [0, 0.05) is 17.2 Å². The lowest BCUT2D eigenvalue weighted by Crippen LogP contribution is -2.54. The van der Waals surface area contributed by atoms with Gasteiger partial charge < -0.3 is 16.2 Å². The van der Waals surface area contributed by atoms with Gasteiger partial charge in [-0.2, -0.15) is 0 Å². The number of hydrogen-bond acceptors (Lipinski definition) is 5. The van der Waals surface area contributed by atoms with Crippen LogP contribution in [0.1, 0.15) is 51.3 Å². The van der Waals surface area contributed by atoms with Gasteiger partial charge in [-0.25, -0.2) is 0 Å². The Morgan fingerprint density at radius 1 is 1.36 bits per heavy atom. The Labute approximate surface area is 169 Å². The van der Waals surface area contributed by atoms with Crippen molar-refractivity contribution in [1.82, 2.24) is 5.32 Å². The van der Waals surface area contributed by atoms with Crippen molar-refractivity contribution < 1.29 is 19.5 Å². The first-order valence-corrected chi connectivity index (χ1v) is 10.8. The molecule has 0 aromatic carbocycles. The molecule has 1 aromatic heterocycles.